The first-order chi connectivity index (χ1) is 10.1. The summed E-state index contributed by atoms with van der Waals surface area (Å²) >= 11 is 0. The molecule has 0 bridgehead atoms. The van der Waals surface area contributed by atoms with Crippen molar-refractivity contribution in [2.45, 2.75) is 44.8 Å². The Balaban J connectivity index is 1.91. The summed E-state index contributed by atoms with van der Waals surface area (Å²) in [7, 11) is 0. The van der Waals surface area contributed by atoms with E-state index in [0.717, 1.165) is 32.4 Å². The number of H-pyrrole nitrogens is 1. The molecule has 4 rings (SSSR count). The molecule has 0 aliphatic carbocycles. The van der Waals surface area contributed by atoms with Crippen molar-refractivity contribution >= 4 is 10.9 Å². The Morgan fingerprint density at radius 2 is 2.14 bits per heavy atom. The van der Waals surface area contributed by atoms with Crippen molar-refractivity contribution in [2.75, 3.05) is 13.1 Å². The molecular weight excluding hydrogens is 260 g/mol. The zero-order valence-corrected chi connectivity index (χ0v) is 12.9. The van der Waals surface area contributed by atoms with Gasteiger partial charge in [0.2, 0.25) is 0 Å². The largest absolute Gasteiger partial charge is 0.388 e. The number of piperidine rings is 1. The van der Waals surface area contributed by atoms with Gasteiger partial charge >= 0.3 is 0 Å². The second-order valence-electron chi connectivity index (χ2n) is 6.79. The predicted molar refractivity (Wildman–Crippen MR) is 85.3 cm³/mol. The number of hydrogen-bond acceptors (Lipinski definition) is 2. The fourth-order valence-corrected chi connectivity index (χ4v) is 4.52. The highest BCUT2D eigenvalue weighted by molar-refractivity contribution is 5.85. The third-order valence-corrected chi connectivity index (χ3v) is 5.88. The topological polar surface area (TPSA) is 39.3 Å². The molecule has 1 fully saturated rings. The molecule has 1 saturated heterocycles. The number of aliphatic hydroxyl groups is 1. The van der Waals surface area contributed by atoms with E-state index in [4.69, 9.17) is 0 Å². The van der Waals surface area contributed by atoms with Crippen LogP contribution in [0, 0.1) is 5.92 Å². The van der Waals surface area contributed by atoms with Crippen molar-refractivity contribution in [1.82, 2.24) is 9.88 Å². The molecule has 2 aromatic rings. The molecule has 3 heteroatoms. The van der Waals surface area contributed by atoms with Gasteiger partial charge in [-0.15, -0.1) is 0 Å². The second-order valence-corrected chi connectivity index (χ2v) is 6.79. The Morgan fingerprint density at radius 3 is 2.95 bits per heavy atom. The lowest BCUT2D eigenvalue weighted by atomic mass is 9.71. The van der Waals surface area contributed by atoms with Crippen molar-refractivity contribution in [3.8, 4) is 0 Å². The summed E-state index contributed by atoms with van der Waals surface area (Å²) in [6.07, 6.45) is 2.99. The predicted octanol–water partition coefficient (Wildman–Crippen LogP) is 3.25. The van der Waals surface area contributed by atoms with Gasteiger partial charge in [-0.2, -0.15) is 0 Å². The van der Waals surface area contributed by atoms with Gasteiger partial charge < -0.3 is 10.1 Å². The molecule has 1 aromatic carbocycles. The minimum atomic E-state index is -0.617. The minimum Gasteiger partial charge on any atom is -0.388 e. The summed E-state index contributed by atoms with van der Waals surface area (Å²) in [5, 5.41) is 12.7. The normalized spacial score (nSPS) is 32.9. The number of benzene rings is 1. The molecule has 0 amide bonds. The summed E-state index contributed by atoms with van der Waals surface area (Å²) in [4.78, 5) is 6.11. The van der Waals surface area contributed by atoms with Crippen LogP contribution in [0.4, 0.5) is 0 Å². The first-order valence-corrected chi connectivity index (χ1v) is 8.21. The first kappa shape index (κ1) is 13.4. The summed E-state index contributed by atoms with van der Waals surface area (Å²) < 4.78 is 0. The number of rotatable bonds is 1. The number of nitrogens with one attached hydrogen (secondary N) is 1. The molecule has 0 saturated carbocycles. The zero-order chi connectivity index (χ0) is 14.6. The smallest absolute Gasteiger partial charge is 0.0881 e. The molecule has 3 atom stereocenters. The lowest BCUT2D eigenvalue weighted by Crippen LogP contribution is -2.57. The molecule has 2 aliphatic rings. The fourth-order valence-electron chi connectivity index (χ4n) is 4.52. The van der Waals surface area contributed by atoms with Gasteiger partial charge in [-0.25, -0.2) is 0 Å². The van der Waals surface area contributed by atoms with Crippen molar-refractivity contribution in [3.05, 3.63) is 35.5 Å². The molecule has 2 N–H and O–H groups in total. The van der Waals surface area contributed by atoms with Crippen LogP contribution in [0.2, 0.25) is 0 Å². The van der Waals surface area contributed by atoms with Crippen molar-refractivity contribution in [1.29, 1.82) is 0 Å². The third-order valence-electron chi connectivity index (χ3n) is 5.88. The highest BCUT2D eigenvalue weighted by Gasteiger charge is 2.50. The van der Waals surface area contributed by atoms with E-state index in [-0.39, 0.29) is 6.04 Å². The Bertz CT molecular complexity index is 677. The Hall–Kier alpha value is -1.32. The lowest BCUT2D eigenvalue weighted by Gasteiger charge is -2.52. The SMILES string of the molecule is CCC1(O)C(C)CCN2CCc3c([nH]c4ccccc34)C21. The van der Waals surface area contributed by atoms with Crippen LogP contribution in [-0.2, 0) is 6.42 Å². The van der Waals surface area contributed by atoms with Crippen LogP contribution in [0.3, 0.4) is 0 Å². The molecule has 1 aromatic heterocycles. The number of aromatic nitrogens is 1. The van der Waals surface area contributed by atoms with Gasteiger partial charge in [0.15, 0.2) is 0 Å². The van der Waals surface area contributed by atoms with Gasteiger partial charge in [0.25, 0.3) is 0 Å². The average Bonchev–Trinajstić information content (AvgIpc) is 2.89. The van der Waals surface area contributed by atoms with Gasteiger partial charge in [0, 0.05) is 23.1 Å². The van der Waals surface area contributed by atoms with E-state index in [1.54, 1.807) is 0 Å². The van der Waals surface area contributed by atoms with Crippen LogP contribution >= 0.6 is 0 Å². The van der Waals surface area contributed by atoms with E-state index < -0.39 is 5.60 Å². The highest BCUT2D eigenvalue weighted by atomic mass is 16.3. The summed E-state index contributed by atoms with van der Waals surface area (Å²) in [5.41, 5.74) is 3.28. The van der Waals surface area contributed by atoms with E-state index >= 15 is 0 Å². The average molecular weight is 284 g/mol. The fraction of sp³-hybridized carbons (Fsp3) is 0.556. The monoisotopic (exact) mass is 284 g/mol. The molecule has 21 heavy (non-hydrogen) atoms. The summed E-state index contributed by atoms with van der Waals surface area (Å²) in [6, 6.07) is 8.67. The van der Waals surface area contributed by atoms with Gasteiger partial charge in [-0.05, 0) is 43.4 Å². The minimum absolute atomic E-state index is 0.127. The lowest BCUT2D eigenvalue weighted by molar-refractivity contribution is -0.125. The number of para-hydroxylation sites is 1. The Kier molecular flexibility index (Phi) is 2.92. The van der Waals surface area contributed by atoms with E-state index in [1.807, 2.05) is 0 Å². The molecule has 3 unspecified atom stereocenters. The van der Waals surface area contributed by atoms with E-state index in [0.29, 0.717) is 5.92 Å². The standard InChI is InChI=1S/C18H24N2O/c1-3-18(21)12(2)8-10-20-11-9-14-13-6-4-5-7-15(13)19-16(14)17(18)20/h4-7,12,17,19,21H,3,8-11H2,1-2H3. The van der Waals surface area contributed by atoms with Gasteiger partial charge in [0.05, 0.1) is 11.6 Å². The van der Waals surface area contributed by atoms with Crippen LogP contribution in [0.15, 0.2) is 24.3 Å². The Morgan fingerprint density at radius 1 is 1.33 bits per heavy atom. The van der Waals surface area contributed by atoms with E-state index in [9.17, 15) is 5.11 Å². The van der Waals surface area contributed by atoms with E-state index in [2.05, 4.69) is 48.0 Å². The van der Waals surface area contributed by atoms with Crippen molar-refractivity contribution in [3.63, 3.8) is 0 Å². The molecule has 3 nitrogen and oxygen atoms in total. The quantitative estimate of drug-likeness (QED) is 0.844. The third kappa shape index (κ3) is 1.74. The zero-order valence-electron chi connectivity index (χ0n) is 12.9. The first-order valence-electron chi connectivity index (χ1n) is 8.21. The van der Waals surface area contributed by atoms with Crippen LogP contribution in [-0.4, -0.2) is 33.7 Å². The molecular formula is C18H24N2O. The van der Waals surface area contributed by atoms with Crippen LogP contribution in [0.1, 0.15) is 44.0 Å². The van der Waals surface area contributed by atoms with Crippen LogP contribution in [0.5, 0.6) is 0 Å². The van der Waals surface area contributed by atoms with E-state index in [1.165, 1.54) is 22.2 Å². The molecule has 0 radical (unpaired) electrons. The Labute approximate surface area is 126 Å². The van der Waals surface area contributed by atoms with Gasteiger partial charge in [0.1, 0.15) is 0 Å². The molecule has 2 aliphatic heterocycles. The van der Waals surface area contributed by atoms with Crippen LogP contribution < -0.4 is 0 Å². The van der Waals surface area contributed by atoms with Gasteiger partial charge in [-0.3, -0.25) is 4.90 Å². The highest BCUT2D eigenvalue weighted by Crippen LogP contribution is 2.48. The maximum Gasteiger partial charge on any atom is 0.0881 e. The number of fused-ring (bicyclic) bond motifs is 5. The number of aromatic amines is 1. The number of hydrogen-bond donors (Lipinski definition) is 2. The molecule has 112 valence electrons. The van der Waals surface area contributed by atoms with Crippen molar-refractivity contribution < 1.29 is 5.11 Å². The molecule has 3 heterocycles. The summed E-state index contributed by atoms with van der Waals surface area (Å²) in [5.74, 6) is 0.348. The summed E-state index contributed by atoms with van der Waals surface area (Å²) in [6.45, 7) is 6.49. The maximum absolute atomic E-state index is 11.4. The van der Waals surface area contributed by atoms with Gasteiger partial charge in [-0.1, -0.05) is 32.0 Å². The van der Waals surface area contributed by atoms with Crippen LogP contribution in [0.25, 0.3) is 10.9 Å². The maximum atomic E-state index is 11.4. The van der Waals surface area contributed by atoms with Crippen molar-refractivity contribution in [2.24, 2.45) is 5.92 Å². The second kappa shape index (κ2) is 4.59. The number of nitrogens with zero attached hydrogens (tertiary/aromatic N) is 1. The molecule has 0 spiro atoms.